The highest BCUT2D eigenvalue weighted by Crippen LogP contribution is 2.45. The number of aryl methyl sites for hydroxylation is 1. The van der Waals surface area contributed by atoms with Crippen molar-refractivity contribution in [2.75, 3.05) is 0 Å². The van der Waals surface area contributed by atoms with E-state index in [1.807, 2.05) is 0 Å². The normalized spacial score (nSPS) is 13.4. The highest BCUT2D eigenvalue weighted by Gasteiger charge is 2.70. The van der Waals surface area contributed by atoms with E-state index in [1.54, 1.807) is 0 Å². The number of halogens is 6. The van der Waals surface area contributed by atoms with Gasteiger partial charge in [0.1, 0.15) is 5.69 Å². The second-order valence-electron chi connectivity index (χ2n) is 4.12. The van der Waals surface area contributed by atoms with E-state index < -0.39 is 35.9 Å². The van der Waals surface area contributed by atoms with Crippen LogP contribution < -0.4 is 0 Å². The molecule has 0 aliphatic rings. The third-order valence-corrected chi connectivity index (χ3v) is 2.53. The molecule has 20 heavy (non-hydrogen) atoms. The van der Waals surface area contributed by atoms with Crippen LogP contribution >= 0.6 is 0 Å². The average molecular weight is 301 g/mol. The lowest BCUT2D eigenvalue weighted by Crippen LogP contribution is -2.57. The predicted molar refractivity (Wildman–Crippen MR) is 55.0 cm³/mol. The molecule has 0 amide bonds. The number of ketones is 1. The van der Waals surface area contributed by atoms with Crippen LogP contribution in [-0.4, -0.2) is 33.8 Å². The zero-order chi connectivity index (χ0) is 15.8. The number of alkyl halides is 6. The van der Waals surface area contributed by atoms with Gasteiger partial charge in [-0.15, -0.1) is 0 Å². The smallest absolute Gasteiger partial charge is 0.373 e. The fourth-order valence-corrected chi connectivity index (χ4v) is 1.38. The molecule has 0 bridgehead atoms. The summed E-state index contributed by atoms with van der Waals surface area (Å²) >= 11 is 0. The Morgan fingerprint density at radius 2 is 1.65 bits per heavy atom. The van der Waals surface area contributed by atoms with Crippen molar-refractivity contribution in [3.05, 3.63) is 29.6 Å². The van der Waals surface area contributed by atoms with E-state index >= 15 is 0 Å². The van der Waals surface area contributed by atoms with Crippen LogP contribution in [0.5, 0.6) is 0 Å². The number of carbonyl (C=O) groups excluding carboxylic acids is 1. The summed E-state index contributed by atoms with van der Waals surface area (Å²) in [4.78, 5) is 15.0. The number of nitrogens with zero attached hydrogens (tertiary/aromatic N) is 1. The Morgan fingerprint density at radius 3 is 2.05 bits per heavy atom. The third-order valence-electron chi connectivity index (χ3n) is 2.53. The predicted octanol–water partition coefficient (Wildman–Crippen LogP) is 2.82. The van der Waals surface area contributed by atoms with Crippen LogP contribution in [0.15, 0.2) is 18.2 Å². The molecule has 0 aromatic carbocycles. The van der Waals surface area contributed by atoms with Crippen molar-refractivity contribution in [2.45, 2.75) is 31.3 Å². The second-order valence-corrected chi connectivity index (χ2v) is 4.12. The van der Waals surface area contributed by atoms with Crippen molar-refractivity contribution in [1.82, 2.24) is 4.98 Å². The van der Waals surface area contributed by atoms with Gasteiger partial charge in [0.05, 0.1) is 6.42 Å². The summed E-state index contributed by atoms with van der Waals surface area (Å²) in [5.41, 5.74) is -5.42. The van der Waals surface area contributed by atoms with Gasteiger partial charge in [-0.1, -0.05) is 6.07 Å². The Kier molecular flexibility index (Phi) is 4.14. The molecule has 1 N–H and O–H groups in total. The van der Waals surface area contributed by atoms with E-state index in [-0.39, 0.29) is 5.69 Å². The summed E-state index contributed by atoms with van der Waals surface area (Å²) in [6.45, 7) is 1.41. The summed E-state index contributed by atoms with van der Waals surface area (Å²) < 4.78 is 74.5. The van der Waals surface area contributed by atoms with Crippen molar-refractivity contribution < 1.29 is 36.2 Å². The van der Waals surface area contributed by atoms with Gasteiger partial charge in [0.25, 0.3) is 5.60 Å². The molecule has 0 aliphatic carbocycles. The maximum absolute atomic E-state index is 12.4. The molecule has 112 valence electrons. The van der Waals surface area contributed by atoms with Crippen molar-refractivity contribution in [2.24, 2.45) is 0 Å². The molecule has 3 nitrogen and oxygen atoms in total. The molecular formula is C11H9F6NO2. The number of hydrogen-bond donors (Lipinski definition) is 1. The van der Waals surface area contributed by atoms with Gasteiger partial charge in [-0.25, -0.2) is 0 Å². The monoisotopic (exact) mass is 301 g/mol. The lowest BCUT2D eigenvalue weighted by Gasteiger charge is -2.31. The summed E-state index contributed by atoms with van der Waals surface area (Å²) in [7, 11) is 0. The maximum atomic E-state index is 12.4. The van der Waals surface area contributed by atoms with Gasteiger partial charge in [-0.2, -0.15) is 26.3 Å². The fraction of sp³-hybridized carbons (Fsp3) is 0.455. The number of rotatable bonds is 3. The van der Waals surface area contributed by atoms with Gasteiger partial charge in [0.15, 0.2) is 5.78 Å². The van der Waals surface area contributed by atoms with Gasteiger partial charge in [-0.05, 0) is 19.1 Å². The third kappa shape index (κ3) is 3.09. The van der Waals surface area contributed by atoms with Crippen LogP contribution in [0.3, 0.4) is 0 Å². The topological polar surface area (TPSA) is 50.2 Å². The Labute approximate surface area is 109 Å². The van der Waals surface area contributed by atoms with Crippen LogP contribution in [-0.2, 0) is 0 Å². The minimum absolute atomic E-state index is 0.249. The second kappa shape index (κ2) is 5.04. The first-order chi connectivity index (χ1) is 8.88. The number of aromatic nitrogens is 1. The van der Waals surface area contributed by atoms with E-state index in [2.05, 4.69) is 4.98 Å². The van der Waals surface area contributed by atoms with Crippen molar-refractivity contribution >= 4 is 5.78 Å². The molecule has 1 rings (SSSR count). The van der Waals surface area contributed by atoms with Gasteiger partial charge >= 0.3 is 12.4 Å². The molecule has 0 saturated carbocycles. The van der Waals surface area contributed by atoms with Gasteiger partial charge in [-0.3, -0.25) is 9.78 Å². The first kappa shape index (κ1) is 16.4. The Bertz CT molecular complexity index is 494. The minimum atomic E-state index is -6.02. The number of aliphatic hydroxyl groups is 1. The molecule has 0 radical (unpaired) electrons. The van der Waals surface area contributed by atoms with E-state index in [1.165, 1.54) is 19.1 Å². The van der Waals surface area contributed by atoms with Crippen LogP contribution in [0, 0.1) is 6.92 Å². The highest BCUT2D eigenvalue weighted by molar-refractivity contribution is 5.95. The first-order valence-corrected chi connectivity index (χ1v) is 5.21. The lowest BCUT2D eigenvalue weighted by molar-refractivity contribution is -0.365. The fourth-order valence-electron chi connectivity index (χ4n) is 1.38. The summed E-state index contributed by atoms with van der Waals surface area (Å²) in [5, 5.41) is 8.89. The summed E-state index contributed by atoms with van der Waals surface area (Å²) in [6.07, 6.45) is -14.2. The Morgan fingerprint density at radius 1 is 1.15 bits per heavy atom. The van der Waals surface area contributed by atoms with E-state index in [9.17, 15) is 31.1 Å². The molecule has 1 heterocycles. The summed E-state index contributed by atoms with van der Waals surface area (Å²) in [6, 6.07) is 3.65. The molecule has 1 aromatic rings. The molecule has 0 aliphatic heterocycles. The SMILES string of the molecule is Cc1cccc(C(=O)CC(O)(C(F)(F)F)C(F)(F)F)n1. The largest absolute Gasteiger partial charge is 0.426 e. The van der Waals surface area contributed by atoms with Crippen LogP contribution in [0.25, 0.3) is 0 Å². The first-order valence-electron chi connectivity index (χ1n) is 5.21. The van der Waals surface area contributed by atoms with Crippen LogP contribution in [0.4, 0.5) is 26.3 Å². The Hall–Kier alpha value is -1.64. The molecule has 9 heteroatoms. The van der Waals surface area contributed by atoms with Crippen molar-refractivity contribution in [3.8, 4) is 0 Å². The van der Waals surface area contributed by atoms with Crippen molar-refractivity contribution in [1.29, 1.82) is 0 Å². The Balaban J connectivity index is 3.13. The maximum Gasteiger partial charge on any atom is 0.426 e. The average Bonchev–Trinajstić information content (AvgIpc) is 2.25. The number of pyridine rings is 1. The quantitative estimate of drug-likeness (QED) is 0.690. The van der Waals surface area contributed by atoms with Crippen molar-refractivity contribution in [3.63, 3.8) is 0 Å². The minimum Gasteiger partial charge on any atom is -0.373 e. The standard InChI is InChI=1S/C11H9F6NO2/c1-6-3-2-4-7(18-6)8(19)5-9(20,10(12,13)14)11(15,16)17/h2-4,20H,5H2,1H3. The molecule has 0 atom stereocenters. The molecule has 0 fully saturated rings. The van der Waals surface area contributed by atoms with E-state index in [4.69, 9.17) is 5.11 Å². The lowest BCUT2D eigenvalue weighted by atomic mass is 9.94. The number of hydrogen-bond acceptors (Lipinski definition) is 3. The van der Waals surface area contributed by atoms with E-state index in [0.717, 1.165) is 6.07 Å². The molecule has 0 spiro atoms. The highest BCUT2D eigenvalue weighted by atomic mass is 19.4. The van der Waals surface area contributed by atoms with Crippen LogP contribution in [0.1, 0.15) is 22.6 Å². The zero-order valence-electron chi connectivity index (χ0n) is 10.0. The molecule has 1 aromatic heterocycles. The molecular weight excluding hydrogens is 292 g/mol. The van der Waals surface area contributed by atoms with E-state index in [0.29, 0.717) is 0 Å². The number of Topliss-reactive ketones (excluding diaryl/α,β-unsaturated/α-hetero) is 1. The number of carbonyl (C=O) groups is 1. The van der Waals surface area contributed by atoms with Crippen LogP contribution in [0.2, 0.25) is 0 Å². The van der Waals surface area contributed by atoms with Gasteiger partial charge < -0.3 is 5.11 Å². The zero-order valence-corrected chi connectivity index (χ0v) is 10.0. The molecule has 0 saturated heterocycles. The molecule has 0 unspecified atom stereocenters. The van der Waals surface area contributed by atoms with Gasteiger partial charge in [0.2, 0.25) is 0 Å². The summed E-state index contributed by atoms with van der Waals surface area (Å²) in [5.74, 6) is -1.55. The van der Waals surface area contributed by atoms with Gasteiger partial charge in [0, 0.05) is 5.69 Å².